The van der Waals surface area contributed by atoms with Crippen LogP contribution in [0.4, 0.5) is 11.6 Å². The molecule has 2 aromatic heterocycles. The second kappa shape index (κ2) is 8.40. The predicted octanol–water partition coefficient (Wildman–Crippen LogP) is 4.17. The number of aryl methyl sites for hydroxylation is 1. The summed E-state index contributed by atoms with van der Waals surface area (Å²) in [4.78, 5) is 25.1. The third-order valence-corrected chi connectivity index (χ3v) is 4.25. The number of carbonyl (C=O) groups is 1. The van der Waals surface area contributed by atoms with Crippen LogP contribution in [0.15, 0.2) is 55.1 Å². The fraction of sp³-hybridized carbons (Fsp3) is 0.238. The van der Waals surface area contributed by atoms with E-state index < -0.39 is 0 Å². The molecule has 3 aromatic rings. The van der Waals surface area contributed by atoms with Gasteiger partial charge in [-0.15, -0.1) is 0 Å². The SMILES string of the molecule is Cc1cccc(C(C)C)c1NC(=O)c1cnc(NCc2cccnc2)nc1. The van der Waals surface area contributed by atoms with Crippen molar-refractivity contribution in [2.24, 2.45) is 0 Å². The molecule has 3 rings (SSSR count). The summed E-state index contributed by atoms with van der Waals surface area (Å²) in [6, 6.07) is 9.88. The van der Waals surface area contributed by atoms with Crippen molar-refractivity contribution in [2.75, 3.05) is 10.6 Å². The van der Waals surface area contributed by atoms with E-state index in [2.05, 4.69) is 39.4 Å². The number of rotatable bonds is 6. The summed E-state index contributed by atoms with van der Waals surface area (Å²) in [6.45, 7) is 6.77. The first kappa shape index (κ1) is 18.5. The van der Waals surface area contributed by atoms with Crippen LogP contribution in [0, 0.1) is 6.92 Å². The van der Waals surface area contributed by atoms with Crippen molar-refractivity contribution in [3.63, 3.8) is 0 Å². The minimum Gasteiger partial charge on any atom is -0.350 e. The Labute approximate surface area is 159 Å². The lowest BCUT2D eigenvalue weighted by Gasteiger charge is -2.16. The molecule has 1 aromatic carbocycles. The molecule has 0 bridgehead atoms. The summed E-state index contributed by atoms with van der Waals surface area (Å²) in [7, 11) is 0. The van der Waals surface area contributed by atoms with Crippen LogP contribution in [-0.4, -0.2) is 20.9 Å². The highest BCUT2D eigenvalue weighted by molar-refractivity contribution is 6.04. The van der Waals surface area contributed by atoms with E-state index in [1.165, 1.54) is 12.4 Å². The standard InChI is InChI=1S/C21H23N5O/c1-14(2)18-8-4-6-15(3)19(18)26-20(27)17-12-24-21(25-13-17)23-11-16-7-5-9-22-10-16/h4-10,12-14H,11H2,1-3H3,(H,26,27)(H,23,24,25). The van der Waals surface area contributed by atoms with E-state index in [1.54, 1.807) is 12.4 Å². The molecule has 0 saturated carbocycles. The topological polar surface area (TPSA) is 79.8 Å². The average Bonchev–Trinajstić information content (AvgIpc) is 2.69. The Morgan fingerprint density at radius 1 is 1.07 bits per heavy atom. The number of nitrogens with zero attached hydrogens (tertiary/aromatic N) is 3. The van der Waals surface area contributed by atoms with Gasteiger partial charge in [0.15, 0.2) is 0 Å². The van der Waals surface area contributed by atoms with Crippen LogP contribution in [0.5, 0.6) is 0 Å². The molecular weight excluding hydrogens is 338 g/mol. The first-order valence-electron chi connectivity index (χ1n) is 8.90. The van der Waals surface area contributed by atoms with E-state index in [4.69, 9.17) is 0 Å². The Morgan fingerprint density at radius 2 is 1.85 bits per heavy atom. The molecule has 6 heteroatoms. The van der Waals surface area contributed by atoms with Crippen LogP contribution in [0.3, 0.4) is 0 Å². The van der Waals surface area contributed by atoms with Gasteiger partial charge < -0.3 is 10.6 Å². The van der Waals surface area contributed by atoms with Crippen molar-refractivity contribution in [3.05, 3.63) is 77.4 Å². The first-order valence-corrected chi connectivity index (χ1v) is 8.90. The Balaban J connectivity index is 1.68. The highest BCUT2D eigenvalue weighted by Gasteiger charge is 2.14. The lowest BCUT2D eigenvalue weighted by molar-refractivity contribution is 0.102. The van der Waals surface area contributed by atoms with Crippen LogP contribution in [0.25, 0.3) is 0 Å². The maximum absolute atomic E-state index is 12.6. The van der Waals surface area contributed by atoms with Crippen molar-refractivity contribution < 1.29 is 4.79 Å². The Kier molecular flexibility index (Phi) is 5.76. The number of anilines is 2. The maximum atomic E-state index is 12.6. The van der Waals surface area contributed by atoms with E-state index in [9.17, 15) is 4.79 Å². The largest absolute Gasteiger partial charge is 0.350 e. The fourth-order valence-electron chi connectivity index (χ4n) is 2.75. The monoisotopic (exact) mass is 361 g/mol. The van der Waals surface area contributed by atoms with Gasteiger partial charge in [-0.2, -0.15) is 0 Å². The van der Waals surface area contributed by atoms with Crippen molar-refractivity contribution in [1.29, 1.82) is 0 Å². The summed E-state index contributed by atoms with van der Waals surface area (Å²) in [5, 5.41) is 6.12. The number of para-hydroxylation sites is 1. The van der Waals surface area contributed by atoms with Gasteiger partial charge in [-0.3, -0.25) is 9.78 Å². The molecule has 6 nitrogen and oxygen atoms in total. The molecule has 0 aliphatic heterocycles. The lowest BCUT2D eigenvalue weighted by atomic mass is 9.98. The summed E-state index contributed by atoms with van der Waals surface area (Å²) < 4.78 is 0. The molecule has 2 N–H and O–H groups in total. The third kappa shape index (κ3) is 4.67. The number of amides is 1. The molecule has 0 unspecified atom stereocenters. The molecule has 0 spiro atoms. The van der Waals surface area contributed by atoms with E-state index in [0.29, 0.717) is 24.0 Å². The molecule has 0 radical (unpaired) electrons. The number of benzene rings is 1. The first-order chi connectivity index (χ1) is 13.0. The van der Waals surface area contributed by atoms with Gasteiger partial charge in [0.25, 0.3) is 5.91 Å². The number of aromatic nitrogens is 3. The highest BCUT2D eigenvalue weighted by Crippen LogP contribution is 2.27. The minimum absolute atomic E-state index is 0.218. The summed E-state index contributed by atoms with van der Waals surface area (Å²) in [5.74, 6) is 0.565. The van der Waals surface area contributed by atoms with Crippen molar-refractivity contribution in [2.45, 2.75) is 33.2 Å². The minimum atomic E-state index is -0.218. The maximum Gasteiger partial charge on any atom is 0.258 e. The molecule has 0 aliphatic rings. The summed E-state index contributed by atoms with van der Waals surface area (Å²) in [6.07, 6.45) is 6.57. The smallest absolute Gasteiger partial charge is 0.258 e. The summed E-state index contributed by atoms with van der Waals surface area (Å²) >= 11 is 0. The molecule has 1 amide bonds. The fourth-order valence-corrected chi connectivity index (χ4v) is 2.75. The number of hydrogen-bond donors (Lipinski definition) is 2. The van der Waals surface area contributed by atoms with Gasteiger partial charge in [0, 0.05) is 37.0 Å². The van der Waals surface area contributed by atoms with E-state index in [-0.39, 0.29) is 5.91 Å². The zero-order valence-electron chi connectivity index (χ0n) is 15.7. The Morgan fingerprint density at radius 3 is 2.52 bits per heavy atom. The van der Waals surface area contributed by atoms with E-state index in [0.717, 1.165) is 22.4 Å². The van der Waals surface area contributed by atoms with Crippen LogP contribution in [0.2, 0.25) is 0 Å². The molecule has 0 aliphatic carbocycles. The Hall–Kier alpha value is -3.28. The van der Waals surface area contributed by atoms with Gasteiger partial charge in [0.1, 0.15) is 0 Å². The number of pyridine rings is 1. The quantitative estimate of drug-likeness (QED) is 0.689. The molecule has 27 heavy (non-hydrogen) atoms. The van der Waals surface area contributed by atoms with Crippen LogP contribution in [0.1, 0.15) is 46.8 Å². The zero-order chi connectivity index (χ0) is 19.2. The third-order valence-electron chi connectivity index (χ3n) is 4.25. The van der Waals surface area contributed by atoms with E-state index >= 15 is 0 Å². The summed E-state index contributed by atoms with van der Waals surface area (Å²) in [5.41, 5.74) is 4.45. The Bertz CT molecular complexity index is 908. The number of hydrogen-bond acceptors (Lipinski definition) is 5. The molecule has 0 fully saturated rings. The molecule has 138 valence electrons. The highest BCUT2D eigenvalue weighted by atomic mass is 16.1. The van der Waals surface area contributed by atoms with Crippen molar-refractivity contribution in [1.82, 2.24) is 15.0 Å². The lowest BCUT2D eigenvalue weighted by Crippen LogP contribution is -2.16. The van der Waals surface area contributed by atoms with Gasteiger partial charge in [-0.25, -0.2) is 9.97 Å². The van der Waals surface area contributed by atoms with Gasteiger partial charge >= 0.3 is 0 Å². The van der Waals surface area contributed by atoms with E-state index in [1.807, 2.05) is 37.3 Å². The average molecular weight is 361 g/mol. The van der Waals surface area contributed by atoms with Crippen molar-refractivity contribution >= 4 is 17.5 Å². The number of nitrogens with one attached hydrogen (secondary N) is 2. The molecule has 0 saturated heterocycles. The predicted molar refractivity (Wildman–Crippen MR) is 107 cm³/mol. The van der Waals surface area contributed by atoms with Crippen LogP contribution >= 0.6 is 0 Å². The second-order valence-corrected chi connectivity index (χ2v) is 6.66. The van der Waals surface area contributed by atoms with Crippen LogP contribution in [-0.2, 0) is 6.54 Å². The number of carbonyl (C=O) groups excluding carboxylic acids is 1. The van der Waals surface area contributed by atoms with Crippen LogP contribution < -0.4 is 10.6 Å². The second-order valence-electron chi connectivity index (χ2n) is 6.66. The molecule has 0 atom stereocenters. The zero-order valence-corrected chi connectivity index (χ0v) is 15.7. The molecular formula is C21H23N5O. The van der Waals surface area contributed by atoms with Gasteiger partial charge in [-0.05, 0) is 35.6 Å². The van der Waals surface area contributed by atoms with Gasteiger partial charge in [-0.1, -0.05) is 38.1 Å². The van der Waals surface area contributed by atoms with Crippen molar-refractivity contribution in [3.8, 4) is 0 Å². The molecule has 2 heterocycles. The van der Waals surface area contributed by atoms with Gasteiger partial charge in [0.2, 0.25) is 5.95 Å². The normalized spacial score (nSPS) is 10.7. The van der Waals surface area contributed by atoms with Gasteiger partial charge in [0.05, 0.1) is 5.56 Å².